The summed E-state index contributed by atoms with van der Waals surface area (Å²) in [5.41, 5.74) is 2.25. The zero-order valence-corrected chi connectivity index (χ0v) is 18.5. The highest BCUT2D eigenvalue weighted by atomic mass is 16.2. The number of piperidine rings is 2. The van der Waals surface area contributed by atoms with E-state index in [4.69, 9.17) is 0 Å². The Morgan fingerprint density at radius 1 is 1.07 bits per heavy atom. The van der Waals surface area contributed by atoms with E-state index in [-0.39, 0.29) is 17.7 Å². The lowest BCUT2D eigenvalue weighted by Crippen LogP contribution is -2.60. The van der Waals surface area contributed by atoms with E-state index in [1.165, 1.54) is 0 Å². The summed E-state index contributed by atoms with van der Waals surface area (Å²) >= 11 is 0. The van der Waals surface area contributed by atoms with Crippen LogP contribution in [0.2, 0.25) is 0 Å². The molecule has 0 radical (unpaired) electrons. The molecule has 1 aromatic rings. The van der Waals surface area contributed by atoms with Gasteiger partial charge in [-0.15, -0.1) is 0 Å². The predicted molar refractivity (Wildman–Crippen MR) is 113 cm³/mol. The van der Waals surface area contributed by atoms with Crippen molar-refractivity contribution in [3.8, 4) is 0 Å². The highest BCUT2D eigenvalue weighted by Gasteiger charge is 2.39. The van der Waals surface area contributed by atoms with Gasteiger partial charge >= 0.3 is 0 Å². The summed E-state index contributed by atoms with van der Waals surface area (Å²) in [4.78, 5) is 39.4. The van der Waals surface area contributed by atoms with Gasteiger partial charge in [0, 0.05) is 19.0 Å². The molecule has 160 valence electrons. The first-order chi connectivity index (χ1) is 13.7. The molecule has 1 aromatic heterocycles. The Balaban J connectivity index is 1.72. The average Bonchev–Trinajstić information content (AvgIpc) is 2.70. The summed E-state index contributed by atoms with van der Waals surface area (Å²) in [6.07, 6.45) is 4.42. The molecule has 3 rings (SSSR count). The number of hydrogen-bond donors (Lipinski definition) is 1. The van der Waals surface area contributed by atoms with E-state index >= 15 is 0 Å². The minimum atomic E-state index is -0.399. The van der Waals surface area contributed by atoms with Crippen LogP contribution in [-0.2, 0) is 4.79 Å². The molecule has 7 nitrogen and oxygen atoms in total. The molecular weight excluding hydrogens is 366 g/mol. The van der Waals surface area contributed by atoms with Gasteiger partial charge in [0.25, 0.3) is 5.91 Å². The van der Waals surface area contributed by atoms with Gasteiger partial charge in [-0.1, -0.05) is 6.92 Å². The monoisotopic (exact) mass is 401 g/mol. The number of aromatic nitrogens is 2. The Labute approximate surface area is 174 Å². The molecule has 2 fully saturated rings. The van der Waals surface area contributed by atoms with Crippen molar-refractivity contribution >= 4 is 11.8 Å². The van der Waals surface area contributed by atoms with Crippen molar-refractivity contribution in [2.75, 3.05) is 33.2 Å². The summed E-state index contributed by atoms with van der Waals surface area (Å²) in [6, 6.07) is 0. The minimum absolute atomic E-state index is 0.113. The number of amides is 2. The zero-order chi connectivity index (χ0) is 21.2. The van der Waals surface area contributed by atoms with Crippen molar-refractivity contribution < 1.29 is 9.59 Å². The van der Waals surface area contributed by atoms with Gasteiger partial charge < -0.3 is 15.1 Å². The van der Waals surface area contributed by atoms with Crippen molar-refractivity contribution in [3.05, 3.63) is 22.8 Å². The molecule has 7 heteroatoms. The van der Waals surface area contributed by atoms with E-state index in [1.54, 1.807) is 0 Å². The molecule has 2 aliphatic heterocycles. The van der Waals surface area contributed by atoms with Crippen LogP contribution in [0.4, 0.5) is 0 Å². The van der Waals surface area contributed by atoms with E-state index in [9.17, 15) is 9.59 Å². The van der Waals surface area contributed by atoms with Crippen LogP contribution in [-0.4, -0.2) is 70.3 Å². The topological polar surface area (TPSA) is 78.4 Å². The molecule has 1 N–H and O–H groups in total. The third-order valence-electron chi connectivity index (χ3n) is 6.71. The van der Waals surface area contributed by atoms with Crippen LogP contribution >= 0.6 is 0 Å². The second kappa shape index (κ2) is 8.78. The van der Waals surface area contributed by atoms with E-state index < -0.39 is 5.54 Å². The lowest BCUT2D eigenvalue weighted by Gasteiger charge is -2.44. The van der Waals surface area contributed by atoms with Crippen LogP contribution in [0, 0.1) is 26.7 Å². The Morgan fingerprint density at radius 3 is 2.38 bits per heavy atom. The van der Waals surface area contributed by atoms with E-state index in [0.29, 0.717) is 17.9 Å². The van der Waals surface area contributed by atoms with Crippen molar-refractivity contribution in [1.29, 1.82) is 0 Å². The average molecular weight is 402 g/mol. The zero-order valence-electron chi connectivity index (χ0n) is 18.5. The van der Waals surface area contributed by atoms with Gasteiger partial charge in [-0.2, -0.15) is 0 Å². The molecule has 0 aromatic carbocycles. The summed E-state index contributed by atoms with van der Waals surface area (Å²) < 4.78 is 0. The van der Waals surface area contributed by atoms with Gasteiger partial charge in [-0.25, -0.2) is 4.98 Å². The van der Waals surface area contributed by atoms with Crippen molar-refractivity contribution in [2.45, 2.75) is 65.3 Å². The van der Waals surface area contributed by atoms with Gasteiger partial charge in [0.05, 0.1) is 22.6 Å². The van der Waals surface area contributed by atoms with Gasteiger partial charge in [0.2, 0.25) is 5.91 Å². The normalized spacial score (nSPS) is 23.8. The number of likely N-dealkylation sites (tertiary alicyclic amines) is 2. The lowest BCUT2D eigenvalue weighted by atomic mass is 9.85. The molecule has 2 saturated heterocycles. The maximum atomic E-state index is 13.1. The van der Waals surface area contributed by atoms with Crippen molar-refractivity contribution in [3.63, 3.8) is 0 Å². The highest BCUT2D eigenvalue weighted by Crippen LogP contribution is 2.28. The third-order valence-corrected chi connectivity index (χ3v) is 6.71. The van der Waals surface area contributed by atoms with E-state index in [0.717, 1.165) is 63.1 Å². The first-order valence-electron chi connectivity index (χ1n) is 10.9. The van der Waals surface area contributed by atoms with Crippen molar-refractivity contribution in [2.24, 2.45) is 5.92 Å². The number of nitrogens with zero attached hydrogens (tertiary/aromatic N) is 4. The highest BCUT2D eigenvalue weighted by molar-refractivity contribution is 5.94. The summed E-state index contributed by atoms with van der Waals surface area (Å²) in [6.45, 7) is 11.0. The van der Waals surface area contributed by atoms with Crippen LogP contribution in [0.3, 0.4) is 0 Å². The number of carbonyl (C=O) groups is 2. The molecule has 0 aliphatic carbocycles. The number of aryl methyl sites for hydroxylation is 3. The fourth-order valence-corrected chi connectivity index (χ4v) is 4.54. The van der Waals surface area contributed by atoms with Crippen LogP contribution in [0.25, 0.3) is 0 Å². The largest absolute Gasteiger partial charge is 0.343 e. The first kappa shape index (κ1) is 21.7. The summed E-state index contributed by atoms with van der Waals surface area (Å²) in [5.74, 6) is 0.183. The second-order valence-electron chi connectivity index (χ2n) is 8.86. The molecule has 1 atom stereocenters. The lowest BCUT2D eigenvalue weighted by molar-refractivity contribution is -0.139. The second-order valence-corrected chi connectivity index (χ2v) is 8.86. The number of rotatable bonds is 4. The van der Waals surface area contributed by atoms with Gasteiger partial charge in [0.1, 0.15) is 5.69 Å². The number of hydrogen-bond acceptors (Lipinski definition) is 5. The van der Waals surface area contributed by atoms with Gasteiger partial charge in [0.15, 0.2) is 0 Å². The first-order valence-corrected chi connectivity index (χ1v) is 10.9. The molecule has 0 bridgehead atoms. The van der Waals surface area contributed by atoms with Gasteiger partial charge in [-0.05, 0) is 73.0 Å². The summed E-state index contributed by atoms with van der Waals surface area (Å²) in [7, 11) is 2.11. The maximum Gasteiger partial charge on any atom is 0.272 e. The Hall–Kier alpha value is -2.02. The molecule has 0 saturated carbocycles. The SMILES string of the molecule is CCC1(NC(=O)c2nc(C)c(C)nc2C)CCCN(C(=O)C2CCN(C)CC2)C1. The molecule has 29 heavy (non-hydrogen) atoms. The smallest absolute Gasteiger partial charge is 0.272 e. The fraction of sp³-hybridized carbons (Fsp3) is 0.727. The molecule has 1 unspecified atom stereocenters. The van der Waals surface area contributed by atoms with Crippen LogP contribution in [0.15, 0.2) is 0 Å². The van der Waals surface area contributed by atoms with E-state index in [1.807, 2.05) is 25.7 Å². The van der Waals surface area contributed by atoms with Crippen molar-refractivity contribution in [1.82, 2.24) is 25.1 Å². The van der Waals surface area contributed by atoms with Crippen LogP contribution in [0.5, 0.6) is 0 Å². The molecule has 3 heterocycles. The fourth-order valence-electron chi connectivity index (χ4n) is 4.54. The quantitative estimate of drug-likeness (QED) is 0.837. The van der Waals surface area contributed by atoms with Crippen LogP contribution < -0.4 is 5.32 Å². The predicted octanol–water partition coefficient (Wildman–Crippen LogP) is 2.24. The summed E-state index contributed by atoms with van der Waals surface area (Å²) in [5, 5.41) is 3.24. The van der Waals surface area contributed by atoms with E-state index in [2.05, 4.69) is 34.2 Å². The van der Waals surface area contributed by atoms with Gasteiger partial charge in [-0.3, -0.25) is 14.6 Å². The number of carbonyl (C=O) groups excluding carboxylic acids is 2. The number of nitrogens with one attached hydrogen (secondary N) is 1. The molecular formula is C22H35N5O2. The Morgan fingerprint density at radius 2 is 1.72 bits per heavy atom. The molecule has 0 spiro atoms. The molecule has 2 amide bonds. The third kappa shape index (κ3) is 4.77. The standard InChI is InChI=1S/C22H35N5O2/c1-6-22(25-20(28)19-17(4)23-15(2)16(3)24-19)10-7-11-27(14-22)21(29)18-8-12-26(5)13-9-18/h18H,6-14H2,1-5H3,(H,25,28). The van der Waals surface area contributed by atoms with Crippen LogP contribution in [0.1, 0.15) is 66.6 Å². The minimum Gasteiger partial charge on any atom is -0.343 e. The Kier molecular flexibility index (Phi) is 6.56. The Bertz CT molecular complexity index is 773. The maximum absolute atomic E-state index is 13.1. The molecule has 2 aliphatic rings.